The quantitative estimate of drug-likeness (QED) is 0.125. The lowest BCUT2D eigenvalue weighted by molar-refractivity contribution is -0.144. The molecule has 4 aromatic rings. The van der Waals surface area contributed by atoms with E-state index in [-0.39, 0.29) is 29.8 Å². The Morgan fingerprint density at radius 2 is 1.23 bits per heavy atom. The number of hydrogen-bond acceptors (Lipinski definition) is 7. The van der Waals surface area contributed by atoms with E-state index in [0.29, 0.717) is 24.9 Å². The summed E-state index contributed by atoms with van der Waals surface area (Å²) in [4.78, 5) is 61.7. The Labute approximate surface area is 330 Å². The van der Waals surface area contributed by atoms with Crippen molar-refractivity contribution in [2.45, 2.75) is 110 Å². The number of nitrogens with zero attached hydrogens (tertiary/aromatic N) is 5. The number of nitrogens with two attached hydrogens (primary N) is 1. The van der Waals surface area contributed by atoms with E-state index >= 15 is 0 Å². The summed E-state index contributed by atoms with van der Waals surface area (Å²) in [5.41, 5.74) is 11.4. The van der Waals surface area contributed by atoms with Crippen LogP contribution >= 0.6 is 0 Å². The van der Waals surface area contributed by atoms with E-state index in [4.69, 9.17) is 15.5 Å². The van der Waals surface area contributed by atoms with E-state index in [1.165, 1.54) is 0 Å². The van der Waals surface area contributed by atoms with Gasteiger partial charge in [0, 0.05) is 31.0 Å². The molecule has 0 radical (unpaired) electrons. The predicted molar refractivity (Wildman–Crippen MR) is 217 cm³/mol. The molecule has 56 heavy (non-hydrogen) atoms. The molecule has 2 saturated heterocycles. The fourth-order valence-electron chi connectivity index (χ4n) is 9.19. The van der Waals surface area contributed by atoms with Gasteiger partial charge >= 0.3 is 6.09 Å². The standard InChI is InChI=1S/C44H58N8O4/c1-5-28(4)39(56-44(45)55)43(54)52-25-9-11-38(52)41-47-27-36(49-41)32-18-14-30(15-19-32)29-12-16-31(17-13-29)35-26-46-40(48-35)37-10-8-24-51(37)42(53)33-20-22-34(23-21-33)50(6-2)7-3/h12-19,26-28,33-34,37-39H,5-11,20-25H2,1-4H3,(H2,45,55)(H,46,48)(H,47,49)/t28?,33?,34?,37-,38-,39-/m0/s1. The molecular weight excluding hydrogens is 705 g/mol. The van der Waals surface area contributed by atoms with Crippen molar-refractivity contribution in [2.75, 3.05) is 26.2 Å². The first kappa shape index (κ1) is 39.3. The fraction of sp³-hybridized carbons (Fsp3) is 0.523. The van der Waals surface area contributed by atoms with Gasteiger partial charge in [-0.05, 0) is 93.1 Å². The SMILES string of the molecule is CCC(C)[C@H](OC(N)=O)C(=O)N1CCC[C@H]1c1ncc(-c2ccc(-c3ccc(-c4cnc([C@@H]5CCCN5C(=O)C5CCC(N(CC)CC)CC5)[nH]4)cc3)cc2)[nH]1. The van der Waals surface area contributed by atoms with Gasteiger partial charge in [0.2, 0.25) is 5.91 Å². The highest BCUT2D eigenvalue weighted by Crippen LogP contribution is 2.37. The molecule has 0 bridgehead atoms. The number of aromatic amines is 2. The minimum absolute atomic E-state index is 0.00457. The van der Waals surface area contributed by atoms with Crippen LogP contribution in [0.3, 0.4) is 0 Å². The zero-order valence-electron chi connectivity index (χ0n) is 33.4. The van der Waals surface area contributed by atoms with E-state index in [0.717, 1.165) is 116 Å². The van der Waals surface area contributed by atoms with Crippen LogP contribution in [0.5, 0.6) is 0 Å². The van der Waals surface area contributed by atoms with Crippen LogP contribution in [-0.2, 0) is 14.3 Å². The molecule has 12 heteroatoms. The molecule has 7 rings (SSSR count). The highest BCUT2D eigenvalue weighted by molar-refractivity contribution is 5.84. The third-order valence-corrected chi connectivity index (χ3v) is 12.6. The summed E-state index contributed by atoms with van der Waals surface area (Å²) in [6, 6.07) is 17.2. The number of benzene rings is 2. The molecule has 1 unspecified atom stereocenters. The third-order valence-electron chi connectivity index (χ3n) is 12.6. The minimum Gasteiger partial charge on any atom is -0.436 e. The molecule has 2 aromatic heterocycles. The van der Waals surface area contributed by atoms with Gasteiger partial charge in [-0.15, -0.1) is 0 Å². The number of H-pyrrole nitrogens is 2. The van der Waals surface area contributed by atoms with Crippen LogP contribution in [0, 0.1) is 11.8 Å². The molecule has 4 heterocycles. The van der Waals surface area contributed by atoms with Crippen LogP contribution in [0.2, 0.25) is 0 Å². The van der Waals surface area contributed by atoms with Crippen molar-refractivity contribution < 1.29 is 19.1 Å². The van der Waals surface area contributed by atoms with Gasteiger partial charge in [0.1, 0.15) is 11.6 Å². The molecule has 0 spiro atoms. The molecular formula is C44H58N8O4. The number of amides is 3. The molecule has 4 N–H and O–H groups in total. The zero-order valence-corrected chi connectivity index (χ0v) is 33.4. The van der Waals surface area contributed by atoms with Gasteiger partial charge in [-0.3, -0.25) is 9.59 Å². The van der Waals surface area contributed by atoms with Gasteiger partial charge in [-0.2, -0.15) is 0 Å². The Hall–Kier alpha value is -4.97. The van der Waals surface area contributed by atoms with Gasteiger partial charge in [0.05, 0.1) is 35.9 Å². The van der Waals surface area contributed by atoms with E-state index in [9.17, 15) is 14.4 Å². The number of ether oxygens (including phenoxy) is 1. The van der Waals surface area contributed by atoms with Crippen molar-refractivity contribution in [3.63, 3.8) is 0 Å². The third kappa shape index (κ3) is 8.26. The molecule has 1 saturated carbocycles. The summed E-state index contributed by atoms with van der Waals surface area (Å²) in [5, 5.41) is 0. The summed E-state index contributed by atoms with van der Waals surface area (Å²) in [6.45, 7) is 11.8. The Morgan fingerprint density at radius 1 is 0.750 bits per heavy atom. The maximum Gasteiger partial charge on any atom is 0.405 e. The van der Waals surface area contributed by atoms with Gasteiger partial charge in [0.25, 0.3) is 5.91 Å². The van der Waals surface area contributed by atoms with Crippen LogP contribution < -0.4 is 5.73 Å². The monoisotopic (exact) mass is 762 g/mol. The van der Waals surface area contributed by atoms with Crippen LogP contribution in [-0.4, -0.2) is 90.9 Å². The van der Waals surface area contributed by atoms with E-state index in [1.807, 2.05) is 26.2 Å². The molecule has 4 atom stereocenters. The number of aromatic nitrogens is 4. The van der Waals surface area contributed by atoms with Crippen molar-refractivity contribution in [1.29, 1.82) is 0 Å². The maximum absolute atomic E-state index is 13.8. The van der Waals surface area contributed by atoms with Crippen LogP contribution in [0.25, 0.3) is 33.6 Å². The van der Waals surface area contributed by atoms with Crippen LogP contribution in [0.1, 0.15) is 109 Å². The first-order valence-corrected chi connectivity index (χ1v) is 20.8. The van der Waals surface area contributed by atoms with Gasteiger partial charge < -0.3 is 35.1 Å². The smallest absolute Gasteiger partial charge is 0.405 e. The number of imidazole rings is 2. The van der Waals surface area contributed by atoms with Crippen LogP contribution in [0.15, 0.2) is 60.9 Å². The Bertz CT molecular complexity index is 1940. The number of nitrogens with one attached hydrogen (secondary N) is 2. The van der Waals surface area contributed by atoms with Crippen molar-refractivity contribution in [3.05, 3.63) is 72.6 Å². The van der Waals surface area contributed by atoms with E-state index < -0.39 is 12.2 Å². The Morgan fingerprint density at radius 3 is 1.71 bits per heavy atom. The van der Waals surface area contributed by atoms with Gasteiger partial charge in [-0.25, -0.2) is 14.8 Å². The number of primary amides is 1. The van der Waals surface area contributed by atoms with Crippen LogP contribution in [0.4, 0.5) is 4.79 Å². The molecule has 1 aliphatic carbocycles. The lowest BCUT2D eigenvalue weighted by atomic mass is 9.84. The average Bonchev–Trinajstić information content (AvgIpc) is 4.07. The first-order chi connectivity index (χ1) is 27.2. The largest absolute Gasteiger partial charge is 0.436 e. The second kappa shape index (κ2) is 17.4. The maximum atomic E-state index is 13.8. The van der Waals surface area contributed by atoms with Crippen molar-refractivity contribution in [3.8, 4) is 33.6 Å². The summed E-state index contributed by atoms with van der Waals surface area (Å²) >= 11 is 0. The summed E-state index contributed by atoms with van der Waals surface area (Å²) in [6.07, 6.45) is 10.3. The molecule has 2 aliphatic heterocycles. The topological polar surface area (TPSA) is 154 Å². The Balaban J connectivity index is 0.972. The molecule has 3 fully saturated rings. The zero-order chi connectivity index (χ0) is 39.3. The predicted octanol–water partition coefficient (Wildman–Crippen LogP) is 7.87. The summed E-state index contributed by atoms with van der Waals surface area (Å²) in [5.74, 6) is 1.64. The highest BCUT2D eigenvalue weighted by Gasteiger charge is 2.40. The van der Waals surface area contributed by atoms with Gasteiger partial charge in [0.15, 0.2) is 6.10 Å². The first-order valence-electron chi connectivity index (χ1n) is 20.8. The number of likely N-dealkylation sites (tertiary alicyclic amines) is 2. The molecule has 3 aliphatic rings. The van der Waals surface area contributed by atoms with E-state index in [2.05, 4.69) is 87.1 Å². The fourth-order valence-corrected chi connectivity index (χ4v) is 9.19. The average molecular weight is 763 g/mol. The molecule has 12 nitrogen and oxygen atoms in total. The van der Waals surface area contributed by atoms with Gasteiger partial charge in [-0.1, -0.05) is 76.2 Å². The highest BCUT2D eigenvalue weighted by atomic mass is 16.6. The molecule has 3 amide bonds. The normalized spacial score (nSPS) is 22.4. The Kier molecular flexibility index (Phi) is 12.2. The lowest BCUT2D eigenvalue weighted by Crippen LogP contribution is -2.45. The second-order valence-corrected chi connectivity index (χ2v) is 15.9. The number of carbonyl (C=O) groups excluding carboxylic acids is 3. The second-order valence-electron chi connectivity index (χ2n) is 15.9. The summed E-state index contributed by atoms with van der Waals surface area (Å²) in [7, 11) is 0. The van der Waals surface area contributed by atoms with E-state index in [1.54, 1.807) is 4.90 Å². The molecule has 298 valence electrons. The summed E-state index contributed by atoms with van der Waals surface area (Å²) < 4.78 is 5.27. The van der Waals surface area contributed by atoms with Crippen molar-refractivity contribution >= 4 is 17.9 Å². The number of hydrogen-bond donors (Lipinski definition) is 3. The minimum atomic E-state index is -0.940. The number of rotatable bonds is 13. The lowest BCUT2D eigenvalue weighted by Gasteiger charge is -2.37. The van der Waals surface area contributed by atoms with Crippen molar-refractivity contribution in [1.82, 2.24) is 34.6 Å². The van der Waals surface area contributed by atoms with Crippen molar-refractivity contribution in [2.24, 2.45) is 17.6 Å². The number of carbonyl (C=O) groups is 3. The molecule has 2 aromatic carbocycles.